The van der Waals surface area contributed by atoms with Gasteiger partial charge < -0.3 is 4.52 Å². The zero-order valence-corrected chi connectivity index (χ0v) is 10.9. The molecule has 0 fully saturated rings. The number of aromatic nitrogens is 1. The Morgan fingerprint density at radius 3 is 2.82 bits per heavy atom. The summed E-state index contributed by atoms with van der Waals surface area (Å²) in [5, 5.41) is 4.42. The standard InChI is InChI=1S/C12H12ClNO2S/c1-9-5-12(16-14-9)8-17(15)7-10-3-2-4-11(13)6-10/h2-6H,7-8H2,1H3/t17-/m0/s1. The highest BCUT2D eigenvalue weighted by Crippen LogP contribution is 2.14. The molecule has 5 heteroatoms. The van der Waals surface area contributed by atoms with E-state index in [2.05, 4.69) is 5.16 Å². The second-order valence-electron chi connectivity index (χ2n) is 3.79. The van der Waals surface area contributed by atoms with E-state index in [0.29, 0.717) is 22.3 Å². The highest BCUT2D eigenvalue weighted by molar-refractivity contribution is 7.83. The molecule has 0 saturated heterocycles. The van der Waals surface area contributed by atoms with E-state index in [9.17, 15) is 4.21 Å². The minimum atomic E-state index is -1.01. The second kappa shape index (κ2) is 5.47. The largest absolute Gasteiger partial charge is 0.360 e. The zero-order valence-electron chi connectivity index (χ0n) is 9.35. The third kappa shape index (κ3) is 3.68. The lowest BCUT2D eigenvalue weighted by molar-refractivity contribution is 0.390. The summed E-state index contributed by atoms with van der Waals surface area (Å²) in [5.74, 6) is 1.51. The van der Waals surface area contributed by atoms with Gasteiger partial charge in [-0.3, -0.25) is 4.21 Å². The average molecular weight is 270 g/mol. The van der Waals surface area contributed by atoms with Gasteiger partial charge in [-0.1, -0.05) is 28.9 Å². The van der Waals surface area contributed by atoms with Gasteiger partial charge in [-0.05, 0) is 24.6 Å². The first-order valence-electron chi connectivity index (χ1n) is 5.15. The molecule has 1 atom stereocenters. The maximum absolute atomic E-state index is 11.9. The lowest BCUT2D eigenvalue weighted by atomic mass is 10.2. The Bertz CT molecular complexity index is 539. The van der Waals surface area contributed by atoms with Crippen LogP contribution in [0.3, 0.4) is 0 Å². The fourth-order valence-electron chi connectivity index (χ4n) is 1.51. The summed E-state index contributed by atoms with van der Waals surface area (Å²) in [6.07, 6.45) is 0. The lowest BCUT2D eigenvalue weighted by Crippen LogP contribution is -1.98. The number of halogens is 1. The maximum atomic E-state index is 11.9. The minimum Gasteiger partial charge on any atom is -0.360 e. The normalized spacial score (nSPS) is 12.6. The van der Waals surface area contributed by atoms with Crippen molar-refractivity contribution >= 4 is 22.4 Å². The van der Waals surface area contributed by atoms with Crippen LogP contribution in [-0.4, -0.2) is 9.37 Å². The third-order valence-corrected chi connectivity index (χ3v) is 3.69. The number of aryl methyl sites for hydroxylation is 1. The Balaban J connectivity index is 1.98. The predicted octanol–water partition coefficient (Wildman–Crippen LogP) is 3.09. The van der Waals surface area contributed by atoms with Gasteiger partial charge in [-0.15, -0.1) is 0 Å². The van der Waals surface area contributed by atoms with Crippen molar-refractivity contribution in [3.8, 4) is 0 Å². The van der Waals surface area contributed by atoms with Crippen LogP contribution in [0, 0.1) is 6.92 Å². The van der Waals surface area contributed by atoms with Crippen molar-refractivity contribution in [2.45, 2.75) is 18.4 Å². The Labute approximate surface area is 107 Å². The van der Waals surface area contributed by atoms with E-state index in [-0.39, 0.29) is 0 Å². The molecule has 0 saturated carbocycles. The fraction of sp³-hybridized carbons (Fsp3) is 0.250. The first kappa shape index (κ1) is 12.3. The first-order valence-corrected chi connectivity index (χ1v) is 7.02. The van der Waals surface area contributed by atoms with Crippen molar-refractivity contribution in [1.82, 2.24) is 5.16 Å². The van der Waals surface area contributed by atoms with Gasteiger partial charge in [0.25, 0.3) is 0 Å². The fourth-order valence-corrected chi connectivity index (χ4v) is 2.83. The SMILES string of the molecule is Cc1cc(C[S@@](=O)Cc2cccc(Cl)c2)on1. The zero-order chi connectivity index (χ0) is 12.3. The first-order chi connectivity index (χ1) is 8.13. The summed E-state index contributed by atoms with van der Waals surface area (Å²) in [5.41, 5.74) is 1.77. The van der Waals surface area contributed by atoms with Crippen LogP contribution in [0.25, 0.3) is 0 Å². The van der Waals surface area contributed by atoms with E-state index in [0.717, 1.165) is 11.3 Å². The average Bonchev–Trinajstić information content (AvgIpc) is 2.63. The smallest absolute Gasteiger partial charge is 0.149 e. The van der Waals surface area contributed by atoms with Crippen molar-refractivity contribution in [3.05, 3.63) is 52.4 Å². The van der Waals surface area contributed by atoms with Crippen molar-refractivity contribution in [2.75, 3.05) is 0 Å². The quantitative estimate of drug-likeness (QED) is 0.857. The van der Waals surface area contributed by atoms with Gasteiger partial charge in [0.15, 0.2) is 0 Å². The highest BCUT2D eigenvalue weighted by atomic mass is 35.5. The Morgan fingerprint density at radius 1 is 1.35 bits per heavy atom. The molecule has 0 aliphatic rings. The molecule has 90 valence electrons. The molecule has 17 heavy (non-hydrogen) atoms. The monoisotopic (exact) mass is 269 g/mol. The van der Waals surface area contributed by atoms with Crippen molar-refractivity contribution in [3.63, 3.8) is 0 Å². The molecule has 0 bridgehead atoms. The molecule has 0 spiro atoms. The summed E-state index contributed by atoms with van der Waals surface area (Å²) in [6.45, 7) is 1.84. The van der Waals surface area contributed by atoms with E-state index in [4.69, 9.17) is 16.1 Å². The molecule has 2 aromatic rings. The summed E-state index contributed by atoms with van der Waals surface area (Å²) < 4.78 is 16.9. The van der Waals surface area contributed by atoms with E-state index >= 15 is 0 Å². The van der Waals surface area contributed by atoms with Gasteiger partial charge in [0, 0.05) is 27.6 Å². The molecule has 0 aliphatic carbocycles. The van der Waals surface area contributed by atoms with Gasteiger partial charge in [0.1, 0.15) is 5.76 Å². The Hall–Kier alpha value is -1.13. The molecular weight excluding hydrogens is 258 g/mol. The topological polar surface area (TPSA) is 43.1 Å². The van der Waals surface area contributed by atoms with Crippen LogP contribution in [0.2, 0.25) is 5.02 Å². The number of nitrogens with zero attached hydrogens (tertiary/aromatic N) is 1. The van der Waals surface area contributed by atoms with Crippen LogP contribution in [0.15, 0.2) is 34.9 Å². The number of benzene rings is 1. The van der Waals surface area contributed by atoms with E-state index in [1.54, 1.807) is 12.1 Å². The van der Waals surface area contributed by atoms with Gasteiger partial charge in [-0.25, -0.2) is 0 Å². The minimum absolute atomic E-state index is 0.382. The Kier molecular flexibility index (Phi) is 3.97. The summed E-state index contributed by atoms with van der Waals surface area (Å²) >= 11 is 5.86. The van der Waals surface area contributed by atoms with Crippen LogP contribution >= 0.6 is 11.6 Å². The number of hydrogen-bond donors (Lipinski definition) is 0. The molecule has 0 unspecified atom stereocenters. The predicted molar refractivity (Wildman–Crippen MR) is 68.2 cm³/mol. The van der Waals surface area contributed by atoms with Crippen LogP contribution in [-0.2, 0) is 22.3 Å². The van der Waals surface area contributed by atoms with E-state index in [1.165, 1.54) is 0 Å². The maximum Gasteiger partial charge on any atom is 0.149 e. The third-order valence-electron chi connectivity index (χ3n) is 2.20. The summed E-state index contributed by atoms with van der Waals surface area (Å²) in [4.78, 5) is 0. The summed E-state index contributed by atoms with van der Waals surface area (Å²) in [6, 6.07) is 9.19. The van der Waals surface area contributed by atoms with Gasteiger partial charge >= 0.3 is 0 Å². The molecule has 0 aliphatic heterocycles. The molecule has 2 rings (SSSR count). The van der Waals surface area contributed by atoms with E-state index < -0.39 is 10.8 Å². The molecular formula is C12H12ClNO2S. The van der Waals surface area contributed by atoms with E-state index in [1.807, 2.05) is 25.1 Å². The Morgan fingerprint density at radius 2 is 2.18 bits per heavy atom. The van der Waals surface area contributed by atoms with Crippen LogP contribution in [0.5, 0.6) is 0 Å². The molecule has 3 nitrogen and oxygen atoms in total. The lowest BCUT2D eigenvalue weighted by Gasteiger charge is -2.00. The van der Waals surface area contributed by atoms with Gasteiger partial charge in [-0.2, -0.15) is 0 Å². The molecule has 1 heterocycles. The van der Waals surface area contributed by atoms with Gasteiger partial charge in [0.2, 0.25) is 0 Å². The molecule has 0 radical (unpaired) electrons. The molecule has 0 amide bonds. The van der Waals surface area contributed by atoms with Crippen LogP contribution in [0.4, 0.5) is 0 Å². The van der Waals surface area contributed by atoms with Crippen molar-refractivity contribution < 1.29 is 8.73 Å². The van der Waals surface area contributed by atoms with Gasteiger partial charge in [0.05, 0.1) is 11.4 Å². The number of rotatable bonds is 4. The van der Waals surface area contributed by atoms with Crippen molar-refractivity contribution in [2.24, 2.45) is 0 Å². The highest BCUT2D eigenvalue weighted by Gasteiger charge is 2.07. The van der Waals surface area contributed by atoms with Crippen LogP contribution < -0.4 is 0 Å². The van der Waals surface area contributed by atoms with Crippen molar-refractivity contribution in [1.29, 1.82) is 0 Å². The second-order valence-corrected chi connectivity index (χ2v) is 5.69. The van der Waals surface area contributed by atoms with Crippen LogP contribution in [0.1, 0.15) is 17.0 Å². The molecule has 0 N–H and O–H groups in total. The summed E-state index contributed by atoms with van der Waals surface area (Å²) in [7, 11) is -1.01. The molecule has 1 aromatic heterocycles. The molecule has 1 aromatic carbocycles. The number of hydrogen-bond acceptors (Lipinski definition) is 3.